The number of hydrazone groups is 1. The number of hydrogen-bond donors (Lipinski definition) is 1. The van der Waals surface area contributed by atoms with Crippen molar-refractivity contribution in [2.24, 2.45) is 5.10 Å². The van der Waals surface area contributed by atoms with Gasteiger partial charge in [0.25, 0.3) is 5.91 Å². The molecular formula is C24H19BrCl2N2O5. The van der Waals surface area contributed by atoms with Crippen LogP contribution >= 0.6 is 39.1 Å². The molecule has 7 nitrogen and oxygen atoms in total. The summed E-state index contributed by atoms with van der Waals surface area (Å²) < 4.78 is 16.9. The fourth-order valence-corrected chi connectivity index (χ4v) is 3.50. The predicted molar refractivity (Wildman–Crippen MR) is 134 cm³/mol. The van der Waals surface area contributed by atoms with E-state index < -0.39 is 18.0 Å². The number of carbonyl (C=O) groups is 2. The highest BCUT2D eigenvalue weighted by Crippen LogP contribution is 2.28. The summed E-state index contributed by atoms with van der Waals surface area (Å²) in [6.07, 6.45) is 0.479. The highest BCUT2D eigenvalue weighted by atomic mass is 79.9. The fourth-order valence-electron chi connectivity index (χ4n) is 2.67. The van der Waals surface area contributed by atoms with E-state index in [4.69, 9.17) is 37.4 Å². The summed E-state index contributed by atoms with van der Waals surface area (Å²) in [5.41, 5.74) is 3.21. The summed E-state index contributed by atoms with van der Waals surface area (Å²) in [5.74, 6) is 0.150. The summed E-state index contributed by atoms with van der Waals surface area (Å²) in [7, 11) is 1.54. The van der Waals surface area contributed by atoms with Crippen molar-refractivity contribution in [3.63, 3.8) is 0 Å². The lowest BCUT2D eigenvalue weighted by Gasteiger charge is -2.14. The molecule has 0 aliphatic carbocycles. The van der Waals surface area contributed by atoms with Gasteiger partial charge in [-0.3, -0.25) is 4.79 Å². The lowest BCUT2D eigenvalue weighted by molar-refractivity contribution is -0.127. The van der Waals surface area contributed by atoms with Gasteiger partial charge in [-0.15, -0.1) is 0 Å². The molecule has 1 unspecified atom stereocenters. The zero-order chi connectivity index (χ0) is 24.7. The van der Waals surface area contributed by atoms with Gasteiger partial charge in [0, 0.05) is 15.1 Å². The van der Waals surface area contributed by atoms with Gasteiger partial charge in [0.2, 0.25) is 0 Å². The van der Waals surface area contributed by atoms with E-state index in [0.717, 1.165) is 4.47 Å². The molecule has 3 rings (SSSR count). The van der Waals surface area contributed by atoms with Crippen LogP contribution in [-0.4, -0.2) is 31.3 Å². The summed E-state index contributed by atoms with van der Waals surface area (Å²) >= 11 is 15.3. The van der Waals surface area contributed by atoms with Crippen LogP contribution in [0.5, 0.6) is 17.2 Å². The Morgan fingerprint density at radius 3 is 2.41 bits per heavy atom. The van der Waals surface area contributed by atoms with Crippen LogP contribution in [0.1, 0.15) is 22.8 Å². The molecule has 1 N–H and O–H groups in total. The number of esters is 1. The van der Waals surface area contributed by atoms with Crippen LogP contribution in [0.2, 0.25) is 10.0 Å². The Morgan fingerprint density at radius 2 is 1.74 bits per heavy atom. The molecule has 0 aliphatic rings. The third-order valence-corrected chi connectivity index (χ3v) is 5.47. The molecule has 0 saturated carbocycles. The van der Waals surface area contributed by atoms with E-state index in [0.29, 0.717) is 27.6 Å². The maximum atomic E-state index is 12.5. The molecule has 1 amide bonds. The normalized spacial score (nSPS) is 11.7. The number of halogens is 3. The minimum Gasteiger partial charge on any atom is -0.497 e. The second-order valence-corrected chi connectivity index (χ2v) is 8.63. The SMILES string of the molecule is COc1ccc(C(=O)Oc2ccc(Br)cc2/C=N/NC(=O)C(C)Oc2ccc(Cl)cc2Cl)cc1. The standard InChI is InChI=1S/C24H19BrCl2N2O5/c1-14(33-22-10-6-18(26)12-20(22)27)23(30)29-28-13-16-11-17(25)5-9-21(16)34-24(31)15-3-7-19(32-2)8-4-15/h3-14H,1-2H3,(H,29,30)/b28-13+. The van der Waals surface area contributed by atoms with E-state index in [1.54, 1.807) is 68.6 Å². The Labute approximate surface area is 214 Å². The molecule has 0 heterocycles. The van der Waals surface area contributed by atoms with Gasteiger partial charge in [0.05, 0.1) is 23.9 Å². The lowest BCUT2D eigenvalue weighted by Crippen LogP contribution is -2.33. The van der Waals surface area contributed by atoms with Crippen molar-refractivity contribution < 1.29 is 23.8 Å². The lowest BCUT2D eigenvalue weighted by atomic mass is 10.2. The number of nitrogens with one attached hydrogen (secondary N) is 1. The molecule has 3 aromatic carbocycles. The molecule has 0 fully saturated rings. The van der Waals surface area contributed by atoms with Crippen LogP contribution in [0.3, 0.4) is 0 Å². The number of ether oxygens (including phenoxy) is 3. The van der Waals surface area contributed by atoms with E-state index in [1.165, 1.54) is 12.3 Å². The topological polar surface area (TPSA) is 86.2 Å². The Balaban J connectivity index is 1.66. The van der Waals surface area contributed by atoms with Crippen molar-refractivity contribution >= 4 is 57.2 Å². The first-order valence-corrected chi connectivity index (χ1v) is 11.4. The zero-order valence-electron chi connectivity index (χ0n) is 18.1. The van der Waals surface area contributed by atoms with Crippen LogP contribution in [0, 0.1) is 0 Å². The first-order chi connectivity index (χ1) is 16.3. The average molecular weight is 566 g/mol. The molecule has 176 valence electrons. The third kappa shape index (κ3) is 6.96. The number of carbonyl (C=O) groups excluding carboxylic acids is 2. The zero-order valence-corrected chi connectivity index (χ0v) is 21.1. The van der Waals surface area contributed by atoms with Crippen molar-refractivity contribution in [2.75, 3.05) is 7.11 Å². The minimum atomic E-state index is -0.884. The monoisotopic (exact) mass is 564 g/mol. The quantitative estimate of drug-likeness (QED) is 0.159. The molecular weight excluding hydrogens is 547 g/mol. The molecule has 0 saturated heterocycles. The molecule has 1 atom stereocenters. The first-order valence-electron chi connectivity index (χ1n) is 9.87. The Hall–Kier alpha value is -3.07. The van der Waals surface area contributed by atoms with Crippen LogP contribution in [0.4, 0.5) is 0 Å². The Kier molecular flexibility index (Phi) is 8.92. The maximum absolute atomic E-state index is 12.5. The molecule has 3 aromatic rings. The summed E-state index contributed by atoms with van der Waals surface area (Å²) in [6, 6.07) is 16.2. The van der Waals surface area contributed by atoms with Gasteiger partial charge in [-0.25, -0.2) is 10.2 Å². The Morgan fingerprint density at radius 1 is 1.03 bits per heavy atom. The van der Waals surface area contributed by atoms with Crippen LogP contribution in [0.25, 0.3) is 0 Å². The molecule has 0 bridgehead atoms. The van der Waals surface area contributed by atoms with Crippen molar-refractivity contribution in [3.8, 4) is 17.2 Å². The van der Waals surface area contributed by atoms with Gasteiger partial charge in [-0.1, -0.05) is 39.1 Å². The van der Waals surface area contributed by atoms with Crippen LogP contribution < -0.4 is 19.6 Å². The highest BCUT2D eigenvalue weighted by molar-refractivity contribution is 9.10. The number of benzene rings is 3. The Bertz CT molecular complexity index is 1220. The number of nitrogens with zero attached hydrogens (tertiary/aromatic N) is 1. The molecule has 0 radical (unpaired) electrons. The summed E-state index contributed by atoms with van der Waals surface area (Å²) in [4.78, 5) is 24.9. The highest BCUT2D eigenvalue weighted by Gasteiger charge is 2.16. The summed E-state index contributed by atoms with van der Waals surface area (Å²) in [5, 5.41) is 4.70. The van der Waals surface area contributed by atoms with E-state index in [2.05, 4.69) is 26.5 Å². The predicted octanol–water partition coefficient (Wildman–Crippen LogP) is 5.90. The second-order valence-electron chi connectivity index (χ2n) is 6.87. The number of hydrogen-bond acceptors (Lipinski definition) is 6. The molecule has 0 aliphatic heterocycles. The van der Waals surface area contributed by atoms with Gasteiger partial charge in [-0.05, 0) is 67.6 Å². The van der Waals surface area contributed by atoms with E-state index in [-0.39, 0.29) is 10.8 Å². The fraction of sp³-hybridized carbons (Fsp3) is 0.125. The third-order valence-electron chi connectivity index (χ3n) is 4.45. The van der Waals surface area contributed by atoms with Crippen molar-refractivity contribution in [1.82, 2.24) is 5.43 Å². The van der Waals surface area contributed by atoms with Gasteiger partial charge in [0.1, 0.15) is 17.2 Å². The molecule has 10 heteroatoms. The number of rotatable bonds is 8. The number of methoxy groups -OCH3 is 1. The van der Waals surface area contributed by atoms with Crippen molar-refractivity contribution in [3.05, 3.63) is 86.3 Å². The van der Waals surface area contributed by atoms with Crippen LogP contribution in [-0.2, 0) is 4.79 Å². The van der Waals surface area contributed by atoms with Gasteiger partial charge < -0.3 is 14.2 Å². The largest absolute Gasteiger partial charge is 0.497 e. The van der Waals surface area contributed by atoms with E-state index >= 15 is 0 Å². The smallest absolute Gasteiger partial charge is 0.343 e. The van der Waals surface area contributed by atoms with Gasteiger partial charge >= 0.3 is 5.97 Å². The molecule has 0 spiro atoms. The van der Waals surface area contributed by atoms with E-state index in [9.17, 15) is 9.59 Å². The molecule has 0 aromatic heterocycles. The van der Waals surface area contributed by atoms with Gasteiger partial charge in [0.15, 0.2) is 6.10 Å². The van der Waals surface area contributed by atoms with Gasteiger partial charge in [-0.2, -0.15) is 5.10 Å². The molecule has 34 heavy (non-hydrogen) atoms. The van der Waals surface area contributed by atoms with Crippen molar-refractivity contribution in [1.29, 1.82) is 0 Å². The average Bonchev–Trinajstić information content (AvgIpc) is 2.82. The first kappa shape index (κ1) is 25.6. The number of amides is 1. The summed E-state index contributed by atoms with van der Waals surface area (Å²) in [6.45, 7) is 1.55. The van der Waals surface area contributed by atoms with E-state index in [1.807, 2.05) is 0 Å². The van der Waals surface area contributed by atoms with Crippen LogP contribution in [0.15, 0.2) is 70.2 Å². The second kappa shape index (κ2) is 11.9. The maximum Gasteiger partial charge on any atom is 0.343 e. The van der Waals surface area contributed by atoms with Crippen molar-refractivity contribution in [2.45, 2.75) is 13.0 Å². The minimum absolute atomic E-state index is 0.263.